The van der Waals surface area contributed by atoms with Crippen molar-refractivity contribution < 1.29 is 10.0 Å². The van der Waals surface area contributed by atoms with Crippen LogP contribution in [-0.4, -0.2) is 49.5 Å². The molecule has 0 aliphatic carbocycles. The van der Waals surface area contributed by atoms with E-state index in [-0.39, 0.29) is 27.6 Å². The monoisotopic (exact) mass is 433 g/mol. The molecule has 1 saturated heterocycles. The van der Waals surface area contributed by atoms with E-state index in [1.807, 2.05) is 0 Å². The zero-order chi connectivity index (χ0) is 20.9. The van der Waals surface area contributed by atoms with Gasteiger partial charge in [-0.3, -0.25) is 10.0 Å². The van der Waals surface area contributed by atoms with Gasteiger partial charge in [-0.2, -0.15) is 20.0 Å². The highest BCUT2D eigenvalue weighted by Gasteiger charge is 2.46. The summed E-state index contributed by atoms with van der Waals surface area (Å²) in [5, 5.41) is 13.3. The van der Waals surface area contributed by atoms with Gasteiger partial charge in [0.25, 0.3) is 5.95 Å². The number of aromatic nitrogens is 3. The molecular weight excluding hydrogens is 401 g/mol. The molecule has 0 spiro atoms. The van der Waals surface area contributed by atoms with Crippen LogP contribution < -0.4 is 5.06 Å². The molecule has 1 fully saturated rings. The van der Waals surface area contributed by atoms with Crippen LogP contribution in [0, 0.1) is 5.92 Å². The quantitative estimate of drug-likeness (QED) is 0.425. The third-order valence-corrected chi connectivity index (χ3v) is 5.47. The third-order valence-electron chi connectivity index (χ3n) is 5.13. The van der Waals surface area contributed by atoms with Crippen LogP contribution in [0.25, 0.3) is 0 Å². The van der Waals surface area contributed by atoms with Crippen LogP contribution in [0.15, 0.2) is 0 Å². The number of halogens is 2. The molecule has 28 heavy (non-hydrogen) atoms. The van der Waals surface area contributed by atoms with Crippen molar-refractivity contribution in [3.63, 3.8) is 0 Å². The van der Waals surface area contributed by atoms with Gasteiger partial charge >= 0.3 is 0 Å². The molecule has 0 bridgehead atoms. The Balaban J connectivity index is 1.83. The van der Waals surface area contributed by atoms with E-state index >= 15 is 0 Å². The van der Waals surface area contributed by atoms with Gasteiger partial charge in [-0.1, -0.05) is 19.8 Å². The molecule has 0 radical (unpaired) electrons. The van der Waals surface area contributed by atoms with Crippen molar-refractivity contribution in [3.8, 4) is 0 Å². The molecule has 1 aliphatic heterocycles. The van der Waals surface area contributed by atoms with E-state index in [0.29, 0.717) is 12.5 Å². The first kappa shape index (κ1) is 23.5. The van der Waals surface area contributed by atoms with Gasteiger partial charge in [0.05, 0.1) is 6.61 Å². The molecule has 0 unspecified atom stereocenters. The van der Waals surface area contributed by atoms with E-state index in [2.05, 4.69) is 54.6 Å². The molecule has 0 saturated carbocycles. The van der Waals surface area contributed by atoms with Crippen molar-refractivity contribution >= 4 is 29.2 Å². The Kier molecular flexibility index (Phi) is 8.28. The molecule has 0 amide bonds. The van der Waals surface area contributed by atoms with Gasteiger partial charge in [0.15, 0.2) is 0 Å². The molecular formula is C19H33Cl2N5O2. The highest BCUT2D eigenvalue weighted by molar-refractivity contribution is 6.31. The number of hydrogen-bond donors (Lipinski definition) is 1. The molecule has 2 heterocycles. The maximum atomic E-state index is 10.1. The fourth-order valence-electron chi connectivity index (χ4n) is 4.43. The standard InChI is InChI=1S/C19H33Cl2N5O2/c1-6-11-28-26-18(2,3)12-14(13-19(26,4)5)9-7-8-10-25(27)17-23-15(20)22-16(21)24-17/h14,27H,6-13H2,1-5H3. The lowest BCUT2D eigenvalue weighted by atomic mass is 9.73. The fraction of sp³-hybridized carbons (Fsp3) is 0.842. The molecule has 160 valence electrons. The van der Waals surface area contributed by atoms with E-state index < -0.39 is 0 Å². The maximum Gasteiger partial charge on any atom is 0.255 e. The first-order valence-electron chi connectivity index (χ1n) is 10.0. The van der Waals surface area contributed by atoms with Gasteiger partial charge in [-0.05, 0) is 82.5 Å². The molecule has 1 aromatic rings. The Hall–Kier alpha value is -0.730. The minimum absolute atomic E-state index is 0.00295. The smallest absolute Gasteiger partial charge is 0.255 e. The summed E-state index contributed by atoms with van der Waals surface area (Å²) in [6, 6.07) is 0. The Morgan fingerprint density at radius 2 is 1.64 bits per heavy atom. The number of hydrogen-bond acceptors (Lipinski definition) is 7. The summed E-state index contributed by atoms with van der Waals surface area (Å²) >= 11 is 11.5. The predicted octanol–water partition coefficient (Wildman–Crippen LogP) is 5.16. The minimum Gasteiger partial charge on any atom is -0.298 e. The van der Waals surface area contributed by atoms with Crippen LogP contribution in [0.2, 0.25) is 10.6 Å². The van der Waals surface area contributed by atoms with Crippen molar-refractivity contribution in [3.05, 3.63) is 10.6 Å². The second-order valence-corrected chi connectivity index (χ2v) is 9.50. The summed E-state index contributed by atoms with van der Waals surface area (Å²) in [5.41, 5.74) is 0.00591. The molecule has 2 rings (SSSR count). The van der Waals surface area contributed by atoms with Gasteiger partial charge < -0.3 is 0 Å². The molecule has 9 heteroatoms. The SMILES string of the molecule is CCCON1C(C)(C)CC(CCCCN(O)c2nc(Cl)nc(Cl)n2)CC1(C)C. The van der Waals surface area contributed by atoms with Crippen molar-refractivity contribution in [2.75, 3.05) is 18.2 Å². The summed E-state index contributed by atoms with van der Waals surface area (Å²) in [5.74, 6) is 0.702. The summed E-state index contributed by atoms with van der Waals surface area (Å²) < 4.78 is 0. The van der Waals surface area contributed by atoms with Crippen molar-refractivity contribution in [1.82, 2.24) is 20.0 Å². The Morgan fingerprint density at radius 1 is 1.07 bits per heavy atom. The van der Waals surface area contributed by atoms with Crippen molar-refractivity contribution in [2.45, 2.75) is 84.2 Å². The van der Waals surface area contributed by atoms with Crippen LogP contribution in [-0.2, 0) is 4.84 Å². The second kappa shape index (κ2) is 9.85. The van der Waals surface area contributed by atoms with Crippen LogP contribution >= 0.6 is 23.2 Å². The molecule has 1 aromatic heterocycles. The number of unbranched alkanes of at least 4 members (excludes halogenated alkanes) is 1. The summed E-state index contributed by atoms with van der Waals surface area (Å²) in [6.07, 6.45) is 6.16. The topological polar surface area (TPSA) is 74.6 Å². The van der Waals surface area contributed by atoms with Gasteiger partial charge in [0.1, 0.15) is 0 Å². The average Bonchev–Trinajstić information content (AvgIpc) is 2.55. The molecule has 1 N–H and O–H groups in total. The first-order chi connectivity index (χ1) is 13.0. The number of hydroxylamine groups is 3. The highest BCUT2D eigenvalue weighted by atomic mass is 35.5. The zero-order valence-electron chi connectivity index (χ0n) is 17.6. The van der Waals surface area contributed by atoms with Crippen LogP contribution in [0.4, 0.5) is 5.95 Å². The average molecular weight is 434 g/mol. The van der Waals surface area contributed by atoms with Crippen LogP contribution in [0.1, 0.15) is 73.1 Å². The van der Waals surface area contributed by atoms with Gasteiger partial charge in [-0.15, -0.1) is 0 Å². The highest BCUT2D eigenvalue weighted by Crippen LogP contribution is 2.43. The lowest BCUT2D eigenvalue weighted by molar-refractivity contribution is -0.288. The first-order valence-corrected chi connectivity index (χ1v) is 10.8. The Morgan fingerprint density at radius 3 is 2.18 bits per heavy atom. The molecule has 1 aliphatic rings. The lowest BCUT2D eigenvalue weighted by Gasteiger charge is -2.54. The Labute approximate surface area is 178 Å². The maximum absolute atomic E-state index is 10.1. The largest absolute Gasteiger partial charge is 0.298 e. The predicted molar refractivity (Wildman–Crippen MR) is 112 cm³/mol. The van der Waals surface area contributed by atoms with Gasteiger partial charge in [0.2, 0.25) is 10.6 Å². The number of nitrogens with zero attached hydrogens (tertiary/aromatic N) is 5. The summed E-state index contributed by atoms with van der Waals surface area (Å²) in [4.78, 5) is 17.5. The normalized spacial score (nSPS) is 19.7. The lowest BCUT2D eigenvalue weighted by Crippen LogP contribution is -2.60. The van der Waals surface area contributed by atoms with Crippen LogP contribution in [0.5, 0.6) is 0 Å². The fourth-order valence-corrected chi connectivity index (χ4v) is 4.79. The molecule has 0 aromatic carbocycles. The van der Waals surface area contributed by atoms with E-state index in [1.165, 1.54) is 0 Å². The van der Waals surface area contributed by atoms with Crippen molar-refractivity contribution in [1.29, 1.82) is 0 Å². The van der Waals surface area contributed by atoms with Crippen molar-refractivity contribution in [2.24, 2.45) is 5.92 Å². The van der Waals surface area contributed by atoms with Crippen LogP contribution in [0.3, 0.4) is 0 Å². The van der Waals surface area contributed by atoms with E-state index in [0.717, 1.165) is 50.2 Å². The third kappa shape index (κ3) is 6.39. The Bertz CT molecular complexity index is 607. The number of rotatable bonds is 9. The number of anilines is 1. The van der Waals surface area contributed by atoms with E-state index in [9.17, 15) is 5.21 Å². The molecule has 7 nitrogen and oxygen atoms in total. The van der Waals surface area contributed by atoms with Gasteiger partial charge in [-0.25, -0.2) is 5.06 Å². The van der Waals surface area contributed by atoms with E-state index in [1.54, 1.807) is 0 Å². The molecule has 0 atom stereocenters. The minimum atomic E-state index is -0.0319. The summed E-state index contributed by atoms with van der Waals surface area (Å²) in [6.45, 7) is 12.4. The zero-order valence-corrected chi connectivity index (χ0v) is 19.1. The summed E-state index contributed by atoms with van der Waals surface area (Å²) in [7, 11) is 0. The number of piperidine rings is 1. The van der Waals surface area contributed by atoms with E-state index in [4.69, 9.17) is 28.0 Å². The second-order valence-electron chi connectivity index (χ2n) is 8.82. The van der Waals surface area contributed by atoms with Gasteiger partial charge in [0, 0.05) is 17.6 Å².